The number of ether oxygens (including phenoxy) is 1. The monoisotopic (exact) mass is 330 g/mol. The van der Waals surface area contributed by atoms with Crippen molar-refractivity contribution >= 4 is 17.6 Å². The summed E-state index contributed by atoms with van der Waals surface area (Å²) in [7, 11) is 1.34. The Bertz CT molecular complexity index is 645. The Labute approximate surface area is 141 Å². The van der Waals surface area contributed by atoms with E-state index in [9.17, 15) is 9.59 Å². The van der Waals surface area contributed by atoms with E-state index in [1.807, 2.05) is 12.2 Å². The number of aromatic nitrogens is 2. The zero-order valence-corrected chi connectivity index (χ0v) is 13.8. The first kappa shape index (κ1) is 17.7. The van der Waals surface area contributed by atoms with Gasteiger partial charge in [-0.25, -0.2) is 0 Å². The summed E-state index contributed by atoms with van der Waals surface area (Å²) in [6, 6.07) is 2.11. The summed E-state index contributed by atoms with van der Waals surface area (Å²) in [6.07, 6.45) is 10.4. The second kappa shape index (κ2) is 8.87. The highest BCUT2D eigenvalue weighted by molar-refractivity contribution is 5.95. The van der Waals surface area contributed by atoms with Crippen LogP contribution in [0.3, 0.4) is 0 Å². The Kier molecular flexibility index (Phi) is 6.55. The molecule has 0 radical (unpaired) electrons. The predicted molar refractivity (Wildman–Crippen MR) is 87.7 cm³/mol. The molecule has 1 aromatic heterocycles. The average molecular weight is 330 g/mol. The second-order valence-electron chi connectivity index (χ2n) is 5.78. The molecular weight excluding hydrogens is 308 g/mol. The zero-order chi connectivity index (χ0) is 17.4. The summed E-state index contributed by atoms with van der Waals surface area (Å²) in [4.78, 5) is 24.3. The van der Waals surface area contributed by atoms with Crippen LogP contribution in [0.25, 0.3) is 0 Å². The standard InChI is InChI=1S/C17H22N4O3/c1-24-17(23)15-8-4-3-7-14(15)16(22)20-13-11-19-21(12-13)10-6-2-5-9-18/h3-4,11-12,14-15H,2,5-8,10H2,1H3,(H,20,22). The number of amides is 1. The van der Waals surface area contributed by atoms with Gasteiger partial charge in [-0.2, -0.15) is 10.4 Å². The summed E-state index contributed by atoms with van der Waals surface area (Å²) in [5, 5.41) is 15.5. The number of hydrogen-bond acceptors (Lipinski definition) is 5. The van der Waals surface area contributed by atoms with Gasteiger partial charge >= 0.3 is 5.97 Å². The Balaban J connectivity index is 1.91. The van der Waals surface area contributed by atoms with Gasteiger partial charge in [0.15, 0.2) is 0 Å². The number of nitrogens with zero attached hydrogens (tertiary/aromatic N) is 3. The first-order valence-corrected chi connectivity index (χ1v) is 8.08. The van der Waals surface area contributed by atoms with Crippen molar-refractivity contribution < 1.29 is 14.3 Å². The first-order chi connectivity index (χ1) is 11.7. The second-order valence-corrected chi connectivity index (χ2v) is 5.78. The fraction of sp³-hybridized carbons (Fsp3) is 0.529. The molecule has 1 amide bonds. The third-order valence-electron chi connectivity index (χ3n) is 4.10. The maximum Gasteiger partial charge on any atom is 0.309 e. The molecule has 0 bridgehead atoms. The molecule has 1 aliphatic carbocycles. The minimum atomic E-state index is -0.443. The highest BCUT2D eigenvalue weighted by Gasteiger charge is 2.34. The van der Waals surface area contributed by atoms with Crippen LogP contribution < -0.4 is 5.32 Å². The molecule has 2 rings (SSSR count). The maximum atomic E-state index is 12.5. The number of aryl methyl sites for hydroxylation is 1. The third kappa shape index (κ3) is 4.69. The van der Waals surface area contributed by atoms with Crippen molar-refractivity contribution in [1.29, 1.82) is 5.26 Å². The van der Waals surface area contributed by atoms with Gasteiger partial charge in [0.1, 0.15) is 0 Å². The van der Waals surface area contributed by atoms with Crippen LogP contribution in [-0.2, 0) is 20.9 Å². The van der Waals surface area contributed by atoms with Gasteiger partial charge < -0.3 is 10.1 Å². The molecule has 1 N–H and O–H groups in total. The molecule has 0 saturated carbocycles. The molecule has 0 aliphatic heterocycles. The lowest BCUT2D eigenvalue weighted by molar-refractivity contribution is -0.149. The number of esters is 1. The summed E-state index contributed by atoms with van der Waals surface area (Å²) in [5.41, 5.74) is 0.610. The molecule has 24 heavy (non-hydrogen) atoms. The Hall–Kier alpha value is -2.62. The highest BCUT2D eigenvalue weighted by atomic mass is 16.5. The van der Waals surface area contributed by atoms with Crippen LogP contribution in [0.5, 0.6) is 0 Å². The molecule has 2 atom stereocenters. The van der Waals surface area contributed by atoms with E-state index in [0.29, 0.717) is 31.5 Å². The van der Waals surface area contributed by atoms with Crippen molar-refractivity contribution in [3.8, 4) is 6.07 Å². The van der Waals surface area contributed by atoms with Crippen molar-refractivity contribution in [3.05, 3.63) is 24.5 Å². The lowest BCUT2D eigenvalue weighted by Gasteiger charge is -2.25. The molecule has 0 spiro atoms. The molecule has 0 aromatic carbocycles. The number of rotatable bonds is 7. The van der Waals surface area contributed by atoms with Crippen LogP contribution in [0.15, 0.2) is 24.5 Å². The van der Waals surface area contributed by atoms with E-state index in [2.05, 4.69) is 16.5 Å². The van der Waals surface area contributed by atoms with Gasteiger partial charge in [0.25, 0.3) is 0 Å². The molecule has 2 unspecified atom stereocenters. The number of anilines is 1. The topological polar surface area (TPSA) is 97.0 Å². The number of nitriles is 1. The molecule has 1 aromatic rings. The lowest BCUT2D eigenvalue weighted by atomic mass is 9.82. The number of nitrogens with one attached hydrogen (secondary N) is 1. The molecule has 1 aliphatic rings. The number of allylic oxidation sites excluding steroid dienone is 2. The Morgan fingerprint density at radius 1 is 1.38 bits per heavy atom. The van der Waals surface area contributed by atoms with E-state index >= 15 is 0 Å². The van der Waals surface area contributed by atoms with Gasteiger partial charge in [-0.15, -0.1) is 0 Å². The number of methoxy groups -OCH3 is 1. The minimum absolute atomic E-state index is 0.196. The van der Waals surface area contributed by atoms with Crippen molar-refractivity contribution in [2.24, 2.45) is 11.8 Å². The summed E-state index contributed by atoms with van der Waals surface area (Å²) in [6.45, 7) is 0.703. The summed E-state index contributed by atoms with van der Waals surface area (Å²) < 4.78 is 6.54. The molecule has 128 valence electrons. The maximum absolute atomic E-state index is 12.5. The Morgan fingerprint density at radius 2 is 2.12 bits per heavy atom. The molecule has 0 saturated heterocycles. The Morgan fingerprint density at radius 3 is 2.83 bits per heavy atom. The SMILES string of the molecule is COC(=O)C1CC=CCC1C(=O)Nc1cnn(CCCCC#N)c1. The molecule has 0 fully saturated rings. The number of carbonyl (C=O) groups is 2. The molecule has 7 heteroatoms. The summed E-state index contributed by atoms with van der Waals surface area (Å²) in [5.74, 6) is -1.42. The first-order valence-electron chi connectivity index (χ1n) is 8.08. The van der Waals surface area contributed by atoms with Crippen molar-refractivity contribution in [2.75, 3.05) is 12.4 Å². The quantitative estimate of drug-likeness (QED) is 0.470. The van der Waals surface area contributed by atoms with Crippen LogP contribution in [0, 0.1) is 23.2 Å². The zero-order valence-electron chi connectivity index (χ0n) is 13.8. The number of hydrogen-bond donors (Lipinski definition) is 1. The normalized spacial score (nSPS) is 19.5. The van der Waals surface area contributed by atoms with Crippen LogP contribution in [0.4, 0.5) is 5.69 Å². The number of carbonyl (C=O) groups excluding carboxylic acids is 2. The van der Waals surface area contributed by atoms with Gasteiger partial charge in [0.05, 0.1) is 36.9 Å². The summed E-state index contributed by atoms with van der Waals surface area (Å²) >= 11 is 0. The average Bonchev–Trinajstić information content (AvgIpc) is 3.05. The van der Waals surface area contributed by atoms with Crippen LogP contribution in [0.2, 0.25) is 0 Å². The van der Waals surface area contributed by atoms with Crippen LogP contribution in [0.1, 0.15) is 32.1 Å². The van der Waals surface area contributed by atoms with Gasteiger partial charge in [-0.3, -0.25) is 14.3 Å². The van der Waals surface area contributed by atoms with Gasteiger partial charge in [0.2, 0.25) is 5.91 Å². The smallest absolute Gasteiger partial charge is 0.309 e. The third-order valence-corrected chi connectivity index (χ3v) is 4.10. The predicted octanol–water partition coefficient (Wildman–Crippen LogP) is 2.27. The van der Waals surface area contributed by atoms with E-state index in [4.69, 9.17) is 10.00 Å². The lowest BCUT2D eigenvalue weighted by Crippen LogP contribution is -2.35. The van der Waals surface area contributed by atoms with E-state index in [1.165, 1.54) is 7.11 Å². The van der Waals surface area contributed by atoms with Gasteiger partial charge in [-0.05, 0) is 25.7 Å². The molecule has 7 nitrogen and oxygen atoms in total. The minimum Gasteiger partial charge on any atom is -0.469 e. The molecule has 1 heterocycles. The number of unbranched alkanes of at least 4 members (excludes halogenated alkanes) is 2. The largest absolute Gasteiger partial charge is 0.469 e. The fourth-order valence-electron chi connectivity index (χ4n) is 2.78. The van der Waals surface area contributed by atoms with Crippen molar-refractivity contribution in [1.82, 2.24) is 9.78 Å². The van der Waals surface area contributed by atoms with Gasteiger partial charge in [0, 0.05) is 19.2 Å². The van der Waals surface area contributed by atoms with E-state index < -0.39 is 11.8 Å². The van der Waals surface area contributed by atoms with E-state index in [0.717, 1.165) is 12.8 Å². The van der Waals surface area contributed by atoms with Crippen LogP contribution in [-0.4, -0.2) is 28.8 Å². The highest BCUT2D eigenvalue weighted by Crippen LogP contribution is 2.28. The van der Waals surface area contributed by atoms with Crippen LogP contribution >= 0.6 is 0 Å². The van der Waals surface area contributed by atoms with Crippen molar-refractivity contribution in [3.63, 3.8) is 0 Å². The van der Waals surface area contributed by atoms with E-state index in [1.54, 1.807) is 17.1 Å². The van der Waals surface area contributed by atoms with E-state index in [-0.39, 0.29) is 11.9 Å². The fourth-order valence-corrected chi connectivity index (χ4v) is 2.78. The van der Waals surface area contributed by atoms with Crippen molar-refractivity contribution in [2.45, 2.75) is 38.6 Å². The molecular formula is C17H22N4O3. The van der Waals surface area contributed by atoms with Gasteiger partial charge in [-0.1, -0.05) is 12.2 Å².